The van der Waals surface area contributed by atoms with Crippen LogP contribution in [0.3, 0.4) is 0 Å². The van der Waals surface area contributed by atoms with E-state index in [4.69, 9.17) is 9.47 Å². The molecule has 2 heterocycles. The first-order chi connectivity index (χ1) is 16.8. The number of hydrogen-bond donors (Lipinski definition) is 0. The van der Waals surface area contributed by atoms with Crippen molar-refractivity contribution in [3.8, 4) is 0 Å². The van der Waals surface area contributed by atoms with Crippen molar-refractivity contribution in [2.24, 2.45) is 0 Å². The van der Waals surface area contributed by atoms with Crippen molar-refractivity contribution in [2.45, 2.75) is 22.9 Å². The smallest absolute Gasteiger partial charge is 0.162 e. The molecule has 4 aromatic carbocycles. The SMILES string of the molecule is C1=CC2(P(c3ccccc3)c3ccccc3)OC2(P(c2ccccc2)c2ccccc2)C2OC12. The molecule has 0 aromatic heterocycles. The van der Waals surface area contributed by atoms with Gasteiger partial charge < -0.3 is 9.47 Å². The van der Waals surface area contributed by atoms with Gasteiger partial charge in [0.15, 0.2) is 10.7 Å². The van der Waals surface area contributed by atoms with E-state index in [9.17, 15) is 0 Å². The van der Waals surface area contributed by atoms with Crippen LogP contribution in [0.2, 0.25) is 0 Å². The van der Waals surface area contributed by atoms with Gasteiger partial charge in [0, 0.05) is 0 Å². The van der Waals surface area contributed by atoms with E-state index in [-0.39, 0.29) is 17.6 Å². The molecule has 2 saturated heterocycles. The van der Waals surface area contributed by atoms with Crippen molar-refractivity contribution >= 4 is 37.1 Å². The molecule has 4 heteroatoms. The van der Waals surface area contributed by atoms with Crippen molar-refractivity contribution in [1.82, 2.24) is 0 Å². The molecule has 0 spiro atoms. The molecular weight excluding hydrogens is 454 g/mol. The van der Waals surface area contributed by atoms with Gasteiger partial charge in [0.25, 0.3) is 0 Å². The van der Waals surface area contributed by atoms with E-state index in [0.717, 1.165) is 0 Å². The van der Waals surface area contributed by atoms with Crippen LogP contribution in [0.5, 0.6) is 0 Å². The van der Waals surface area contributed by atoms with E-state index in [0.29, 0.717) is 0 Å². The van der Waals surface area contributed by atoms with Crippen LogP contribution in [-0.2, 0) is 9.47 Å². The second-order valence-corrected chi connectivity index (χ2v) is 13.6. The van der Waals surface area contributed by atoms with Crippen LogP contribution in [0.4, 0.5) is 0 Å². The third-order valence-corrected chi connectivity index (χ3v) is 12.9. The highest BCUT2D eigenvalue weighted by atomic mass is 31.1. The first-order valence-electron chi connectivity index (χ1n) is 11.7. The Kier molecular flexibility index (Phi) is 4.87. The molecule has 0 bridgehead atoms. The molecule has 0 N–H and O–H groups in total. The maximum atomic E-state index is 7.19. The van der Waals surface area contributed by atoms with E-state index < -0.39 is 21.2 Å². The van der Waals surface area contributed by atoms with Crippen LogP contribution in [0.25, 0.3) is 0 Å². The summed E-state index contributed by atoms with van der Waals surface area (Å²) in [5.41, 5.74) is 0. The highest BCUT2D eigenvalue weighted by molar-refractivity contribution is 7.79. The minimum absolute atomic E-state index is 0.0847. The fraction of sp³-hybridized carbons (Fsp3) is 0.133. The fourth-order valence-corrected chi connectivity index (χ4v) is 12.1. The lowest BCUT2D eigenvalue weighted by Crippen LogP contribution is -2.40. The van der Waals surface area contributed by atoms with E-state index in [2.05, 4.69) is 133 Å². The van der Waals surface area contributed by atoms with Crippen LogP contribution in [0.1, 0.15) is 0 Å². The molecule has 2 nitrogen and oxygen atoms in total. The van der Waals surface area contributed by atoms with E-state index >= 15 is 0 Å². The lowest BCUT2D eigenvalue weighted by atomic mass is 10.1. The van der Waals surface area contributed by atoms with Crippen LogP contribution in [0.15, 0.2) is 133 Å². The Morgan fingerprint density at radius 2 is 0.941 bits per heavy atom. The van der Waals surface area contributed by atoms with Crippen molar-refractivity contribution in [3.63, 3.8) is 0 Å². The molecule has 4 aromatic rings. The summed E-state index contributed by atoms with van der Waals surface area (Å²) in [6.45, 7) is 0. The van der Waals surface area contributed by atoms with Gasteiger partial charge in [-0.15, -0.1) is 0 Å². The summed E-state index contributed by atoms with van der Waals surface area (Å²) in [6, 6.07) is 43.7. The number of benzene rings is 4. The van der Waals surface area contributed by atoms with Crippen LogP contribution in [-0.4, -0.2) is 22.9 Å². The van der Waals surface area contributed by atoms with Gasteiger partial charge in [0.1, 0.15) is 12.2 Å². The molecule has 1 aliphatic carbocycles. The lowest BCUT2D eigenvalue weighted by molar-refractivity contribution is 0.290. The predicted octanol–water partition coefficient (Wildman–Crippen LogP) is 5.01. The summed E-state index contributed by atoms with van der Waals surface area (Å²) in [5.74, 6) is 0. The van der Waals surface area contributed by atoms with Gasteiger partial charge in [-0.25, -0.2) is 0 Å². The largest absolute Gasteiger partial charge is 0.361 e. The topological polar surface area (TPSA) is 25.1 Å². The van der Waals surface area contributed by atoms with Crippen molar-refractivity contribution in [2.75, 3.05) is 0 Å². The molecule has 166 valence electrons. The van der Waals surface area contributed by atoms with Gasteiger partial charge in [-0.2, -0.15) is 0 Å². The van der Waals surface area contributed by atoms with Gasteiger partial charge in [0.05, 0.1) is 0 Å². The number of ether oxygens (including phenoxy) is 2. The van der Waals surface area contributed by atoms with Gasteiger partial charge >= 0.3 is 0 Å². The minimum Gasteiger partial charge on any atom is -0.361 e. The quantitative estimate of drug-likeness (QED) is 0.221. The number of fused-ring (bicyclic) bond motifs is 3. The van der Waals surface area contributed by atoms with E-state index in [1.165, 1.54) is 21.2 Å². The predicted molar refractivity (Wildman–Crippen MR) is 142 cm³/mol. The Hall–Kier alpha value is -2.60. The summed E-state index contributed by atoms with van der Waals surface area (Å²) >= 11 is 0. The molecule has 34 heavy (non-hydrogen) atoms. The molecule has 0 saturated carbocycles. The summed E-state index contributed by atoms with van der Waals surface area (Å²) in [4.78, 5) is 0. The molecule has 4 atom stereocenters. The van der Waals surface area contributed by atoms with Gasteiger partial charge in [0.2, 0.25) is 0 Å². The minimum atomic E-state index is -0.819. The molecule has 2 fully saturated rings. The first-order valence-corrected chi connectivity index (χ1v) is 14.4. The Bertz CT molecular complexity index is 1250. The van der Waals surface area contributed by atoms with Crippen molar-refractivity contribution < 1.29 is 9.47 Å². The van der Waals surface area contributed by atoms with E-state index in [1.54, 1.807) is 0 Å². The standard InChI is InChI=1S/C30H24O2P2/c1-5-13-23(14-6-1)33(24-15-7-2-8-16-24)29-22-21-27-28(31-27)30(29,32-29)34(25-17-9-3-10-18-25)26-19-11-4-12-20-26/h1-22,27-28H. The van der Waals surface area contributed by atoms with Crippen molar-refractivity contribution in [3.05, 3.63) is 133 Å². The molecule has 4 unspecified atom stereocenters. The third-order valence-electron chi connectivity index (χ3n) is 6.93. The van der Waals surface area contributed by atoms with Crippen LogP contribution < -0.4 is 21.2 Å². The zero-order chi connectivity index (χ0) is 22.6. The summed E-state index contributed by atoms with van der Waals surface area (Å²) < 4.78 is 13.5. The Morgan fingerprint density at radius 1 is 0.529 bits per heavy atom. The maximum Gasteiger partial charge on any atom is 0.162 e. The summed E-state index contributed by atoms with van der Waals surface area (Å²) in [7, 11) is -1.63. The zero-order valence-electron chi connectivity index (χ0n) is 18.6. The number of hydrogen-bond acceptors (Lipinski definition) is 2. The van der Waals surface area contributed by atoms with Crippen molar-refractivity contribution in [1.29, 1.82) is 0 Å². The second kappa shape index (κ2) is 7.98. The molecule has 0 radical (unpaired) electrons. The monoisotopic (exact) mass is 478 g/mol. The van der Waals surface area contributed by atoms with Crippen LogP contribution in [0, 0.1) is 0 Å². The van der Waals surface area contributed by atoms with E-state index in [1.807, 2.05) is 0 Å². The number of epoxide rings is 2. The second-order valence-electron chi connectivity index (χ2n) is 8.89. The maximum absolute atomic E-state index is 7.19. The first kappa shape index (κ1) is 20.7. The Balaban J connectivity index is 1.46. The molecule has 2 aliphatic heterocycles. The normalized spacial score (nSPS) is 28.4. The Labute approximate surface area is 202 Å². The highest BCUT2D eigenvalue weighted by Crippen LogP contribution is 2.82. The molecular formula is C30H24O2P2. The molecule has 0 amide bonds. The molecule has 7 rings (SSSR count). The fourth-order valence-electron chi connectivity index (χ4n) is 5.42. The summed E-state index contributed by atoms with van der Waals surface area (Å²) in [5, 5.41) is 4.57. The highest BCUT2D eigenvalue weighted by Gasteiger charge is 2.85. The third kappa shape index (κ3) is 3.03. The summed E-state index contributed by atoms with van der Waals surface area (Å²) in [6.07, 6.45) is 4.84. The average molecular weight is 478 g/mol. The molecule has 3 aliphatic rings. The van der Waals surface area contributed by atoms with Gasteiger partial charge in [-0.3, -0.25) is 0 Å². The zero-order valence-corrected chi connectivity index (χ0v) is 20.4. The lowest BCUT2D eigenvalue weighted by Gasteiger charge is -2.33. The van der Waals surface area contributed by atoms with Crippen LogP contribution >= 0.6 is 15.8 Å². The van der Waals surface area contributed by atoms with Gasteiger partial charge in [-0.1, -0.05) is 127 Å². The number of rotatable bonds is 6. The Morgan fingerprint density at radius 3 is 1.38 bits per heavy atom. The average Bonchev–Trinajstić information content (AvgIpc) is 3.81. The van der Waals surface area contributed by atoms with Gasteiger partial charge in [-0.05, 0) is 43.1 Å².